The van der Waals surface area contributed by atoms with E-state index in [2.05, 4.69) is 27.0 Å². The van der Waals surface area contributed by atoms with Gasteiger partial charge in [-0.25, -0.2) is 4.98 Å². The van der Waals surface area contributed by atoms with Crippen LogP contribution in [0.25, 0.3) is 4.96 Å². The molecule has 0 aliphatic carbocycles. The molecule has 2 heterocycles. The second kappa shape index (κ2) is 5.17. The van der Waals surface area contributed by atoms with E-state index in [0.29, 0.717) is 6.54 Å². The zero-order chi connectivity index (χ0) is 15.0. The molecule has 7 heteroatoms. The minimum atomic E-state index is -0.400. The Morgan fingerprint density at radius 1 is 1.33 bits per heavy atom. The Kier molecular flexibility index (Phi) is 3.34. The van der Waals surface area contributed by atoms with E-state index in [-0.39, 0.29) is 5.69 Å². The van der Waals surface area contributed by atoms with Crippen molar-refractivity contribution in [1.82, 2.24) is 9.38 Å². The van der Waals surface area contributed by atoms with Gasteiger partial charge in [0.25, 0.3) is 5.69 Å². The van der Waals surface area contributed by atoms with E-state index in [0.717, 1.165) is 27.7 Å². The van der Waals surface area contributed by atoms with Gasteiger partial charge in [0.05, 0.1) is 22.9 Å². The number of nitrogens with zero attached hydrogens (tertiary/aromatic N) is 3. The average molecular weight is 302 g/mol. The number of hydrogen-bond donors (Lipinski definition) is 1. The predicted octanol–water partition coefficient (Wildman–Crippen LogP) is 3.53. The minimum Gasteiger partial charge on any atom is -0.379 e. The molecular formula is C14H14N4O2S. The fourth-order valence-corrected chi connectivity index (χ4v) is 3.19. The van der Waals surface area contributed by atoms with Crippen LogP contribution in [0.4, 0.5) is 11.4 Å². The lowest BCUT2D eigenvalue weighted by Gasteiger charge is -2.07. The van der Waals surface area contributed by atoms with Crippen LogP contribution in [0.15, 0.2) is 29.6 Å². The number of anilines is 1. The molecule has 0 fully saturated rings. The molecular weight excluding hydrogens is 288 g/mol. The highest BCUT2D eigenvalue weighted by atomic mass is 32.1. The van der Waals surface area contributed by atoms with Crippen molar-refractivity contribution in [3.8, 4) is 0 Å². The van der Waals surface area contributed by atoms with E-state index in [1.165, 1.54) is 12.1 Å². The quantitative estimate of drug-likeness (QED) is 0.591. The number of fused-ring (bicyclic) bond motifs is 1. The van der Waals surface area contributed by atoms with E-state index < -0.39 is 4.92 Å². The maximum Gasteiger partial charge on any atom is 0.269 e. The molecule has 3 rings (SSSR count). The molecule has 0 saturated heterocycles. The van der Waals surface area contributed by atoms with Gasteiger partial charge >= 0.3 is 0 Å². The molecule has 21 heavy (non-hydrogen) atoms. The van der Waals surface area contributed by atoms with Crippen LogP contribution in [0.1, 0.15) is 17.1 Å². The monoisotopic (exact) mass is 302 g/mol. The van der Waals surface area contributed by atoms with Gasteiger partial charge < -0.3 is 5.32 Å². The molecule has 0 spiro atoms. The summed E-state index contributed by atoms with van der Waals surface area (Å²) in [4.78, 5) is 15.8. The summed E-state index contributed by atoms with van der Waals surface area (Å²) in [6, 6.07) is 6.42. The van der Waals surface area contributed by atoms with Crippen molar-refractivity contribution in [3.63, 3.8) is 0 Å². The maximum absolute atomic E-state index is 10.6. The van der Waals surface area contributed by atoms with Gasteiger partial charge in [0.2, 0.25) is 0 Å². The van der Waals surface area contributed by atoms with Gasteiger partial charge in [0.1, 0.15) is 0 Å². The van der Waals surface area contributed by atoms with Gasteiger partial charge in [0, 0.05) is 28.9 Å². The molecule has 108 valence electrons. The Labute approximate surface area is 125 Å². The number of nitrogens with one attached hydrogen (secondary N) is 1. The Morgan fingerprint density at radius 2 is 2.05 bits per heavy atom. The molecule has 0 radical (unpaired) electrons. The topological polar surface area (TPSA) is 72.5 Å². The molecule has 0 atom stereocenters. The lowest BCUT2D eigenvalue weighted by molar-refractivity contribution is -0.384. The smallest absolute Gasteiger partial charge is 0.269 e. The van der Waals surface area contributed by atoms with Crippen LogP contribution >= 0.6 is 11.3 Å². The highest BCUT2D eigenvalue weighted by Gasteiger charge is 2.12. The summed E-state index contributed by atoms with van der Waals surface area (Å²) in [5.74, 6) is 0. The van der Waals surface area contributed by atoms with E-state index in [1.54, 1.807) is 23.5 Å². The van der Waals surface area contributed by atoms with Crippen molar-refractivity contribution in [3.05, 3.63) is 56.8 Å². The number of aryl methyl sites for hydroxylation is 2. The van der Waals surface area contributed by atoms with Crippen molar-refractivity contribution < 1.29 is 4.92 Å². The van der Waals surface area contributed by atoms with Crippen LogP contribution < -0.4 is 5.32 Å². The highest BCUT2D eigenvalue weighted by Crippen LogP contribution is 2.22. The van der Waals surface area contributed by atoms with Crippen LogP contribution in [0.5, 0.6) is 0 Å². The van der Waals surface area contributed by atoms with E-state index in [1.807, 2.05) is 6.92 Å². The molecule has 2 aromatic heterocycles. The molecule has 3 aromatic rings. The van der Waals surface area contributed by atoms with Gasteiger partial charge in [-0.3, -0.25) is 14.5 Å². The number of nitro benzene ring substituents is 1. The Hall–Kier alpha value is -2.41. The number of benzene rings is 1. The maximum atomic E-state index is 10.6. The first-order chi connectivity index (χ1) is 10.1. The minimum absolute atomic E-state index is 0.0946. The van der Waals surface area contributed by atoms with Gasteiger partial charge in [-0.1, -0.05) is 0 Å². The first-order valence-electron chi connectivity index (χ1n) is 6.46. The molecule has 0 unspecified atom stereocenters. The molecule has 0 aliphatic heterocycles. The van der Waals surface area contributed by atoms with Gasteiger partial charge in [-0.15, -0.1) is 11.3 Å². The number of rotatable bonds is 4. The Balaban J connectivity index is 1.81. The summed E-state index contributed by atoms with van der Waals surface area (Å²) in [7, 11) is 0. The number of imidazole rings is 1. The third kappa shape index (κ3) is 2.47. The normalized spacial score (nSPS) is 11.0. The zero-order valence-electron chi connectivity index (χ0n) is 11.7. The second-order valence-electron chi connectivity index (χ2n) is 4.80. The summed E-state index contributed by atoms with van der Waals surface area (Å²) in [5, 5.41) is 16.0. The Morgan fingerprint density at radius 3 is 2.71 bits per heavy atom. The molecule has 0 saturated carbocycles. The lowest BCUT2D eigenvalue weighted by Crippen LogP contribution is -2.04. The SMILES string of the molecule is Cc1nc2scc(C)n2c1CNc1ccc([N+](=O)[O-])cc1. The van der Waals surface area contributed by atoms with Crippen molar-refractivity contribution in [2.24, 2.45) is 0 Å². The standard InChI is InChI=1S/C14H14N4O2S/c1-9-8-21-14-16-10(2)13(17(9)14)7-15-11-3-5-12(6-4-11)18(19)20/h3-6,8,15H,7H2,1-2H3. The predicted molar refractivity (Wildman–Crippen MR) is 83.0 cm³/mol. The first-order valence-corrected chi connectivity index (χ1v) is 7.34. The third-order valence-electron chi connectivity index (χ3n) is 3.37. The number of thiazole rings is 1. The fourth-order valence-electron chi connectivity index (χ4n) is 2.26. The summed E-state index contributed by atoms with van der Waals surface area (Å²) in [6.45, 7) is 4.67. The molecule has 0 amide bonds. The average Bonchev–Trinajstić information content (AvgIpc) is 2.97. The largest absolute Gasteiger partial charge is 0.379 e. The summed E-state index contributed by atoms with van der Waals surface area (Å²) in [5.41, 5.74) is 4.22. The van der Waals surface area contributed by atoms with Crippen LogP contribution in [0.2, 0.25) is 0 Å². The van der Waals surface area contributed by atoms with Crippen molar-refractivity contribution in [2.75, 3.05) is 5.32 Å². The third-order valence-corrected chi connectivity index (χ3v) is 4.31. The number of non-ortho nitro benzene ring substituents is 1. The van der Waals surface area contributed by atoms with E-state index >= 15 is 0 Å². The van der Waals surface area contributed by atoms with E-state index in [9.17, 15) is 10.1 Å². The highest BCUT2D eigenvalue weighted by molar-refractivity contribution is 7.15. The summed E-state index contributed by atoms with van der Waals surface area (Å²) >= 11 is 1.62. The van der Waals surface area contributed by atoms with Crippen LogP contribution in [0.3, 0.4) is 0 Å². The summed E-state index contributed by atoms with van der Waals surface area (Å²) in [6.07, 6.45) is 0. The van der Waals surface area contributed by atoms with Gasteiger partial charge in [-0.2, -0.15) is 0 Å². The lowest BCUT2D eigenvalue weighted by atomic mass is 10.2. The van der Waals surface area contributed by atoms with Crippen molar-refractivity contribution >= 4 is 27.7 Å². The summed E-state index contributed by atoms with van der Waals surface area (Å²) < 4.78 is 2.14. The van der Waals surface area contributed by atoms with Crippen LogP contribution in [-0.4, -0.2) is 14.3 Å². The van der Waals surface area contributed by atoms with Crippen LogP contribution in [-0.2, 0) is 6.54 Å². The zero-order valence-corrected chi connectivity index (χ0v) is 12.5. The molecule has 0 aliphatic rings. The van der Waals surface area contributed by atoms with Crippen molar-refractivity contribution in [2.45, 2.75) is 20.4 Å². The molecule has 0 bridgehead atoms. The van der Waals surface area contributed by atoms with Crippen LogP contribution in [0, 0.1) is 24.0 Å². The second-order valence-corrected chi connectivity index (χ2v) is 5.63. The molecule has 1 aromatic carbocycles. The number of hydrogen-bond acceptors (Lipinski definition) is 5. The fraction of sp³-hybridized carbons (Fsp3) is 0.214. The molecule has 1 N–H and O–H groups in total. The van der Waals surface area contributed by atoms with Gasteiger partial charge in [-0.05, 0) is 26.0 Å². The van der Waals surface area contributed by atoms with Gasteiger partial charge in [0.15, 0.2) is 4.96 Å². The Bertz CT molecular complexity index is 804. The number of nitro groups is 1. The van der Waals surface area contributed by atoms with E-state index in [4.69, 9.17) is 0 Å². The number of aromatic nitrogens is 2. The first kappa shape index (κ1) is 13.6. The van der Waals surface area contributed by atoms with Crippen molar-refractivity contribution in [1.29, 1.82) is 0 Å². The molecule has 6 nitrogen and oxygen atoms in total.